The fraction of sp³-hybridized carbons (Fsp3) is 0.562. The minimum absolute atomic E-state index is 0.106. The Bertz CT molecular complexity index is 620. The first-order valence-corrected chi connectivity index (χ1v) is 9.48. The van der Waals surface area contributed by atoms with Crippen LogP contribution in [0.25, 0.3) is 0 Å². The number of benzene rings is 1. The largest absolute Gasteiger partial charge is 0.338 e. The van der Waals surface area contributed by atoms with Gasteiger partial charge in [-0.2, -0.15) is 4.31 Å². The van der Waals surface area contributed by atoms with E-state index in [9.17, 15) is 13.2 Å². The number of hydrogen-bond acceptors (Lipinski definition) is 3. The van der Waals surface area contributed by atoms with Crippen LogP contribution in [-0.4, -0.2) is 56.4 Å². The van der Waals surface area contributed by atoms with E-state index in [-0.39, 0.29) is 6.03 Å². The predicted octanol–water partition coefficient (Wildman–Crippen LogP) is 1.81. The molecule has 1 aliphatic heterocycles. The molecule has 0 bridgehead atoms. The van der Waals surface area contributed by atoms with Gasteiger partial charge in [-0.05, 0) is 25.5 Å². The van der Waals surface area contributed by atoms with Crippen LogP contribution in [0.4, 0.5) is 4.79 Å². The fourth-order valence-electron chi connectivity index (χ4n) is 2.47. The van der Waals surface area contributed by atoms with E-state index < -0.39 is 10.0 Å². The van der Waals surface area contributed by atoms with Gasteiger partial charge in [0.25, 0.3) is 0 Å². The summed E-state index contributed by atoms with van der Waals surface area (Å²) < 4.78 is 26.6. The average Bonchev–Trinajstić information content (AvgIpc) is 2.55. The van der Waals surface area contributed by atoms with Crippen LogP contribution in [-0.2, 0) is 10.0 Å². The highest BCUT2D eigenvalue weighted by Crippen LogP contribution is 2.18. The number of aryl methyl sites for hydroxylation is 1. The molecule has 0 aromatic heterocycles. The number of rotatable bonds is 5. The van der Waals surface area contributed by atoms with Crippen molar-refractivity contribution in [1.29, 1.82) is 0 Å². The Kier molecular flexibility index (Phi) is 6.01. The first-order chi connectivity index (χ1) is 10.9. The number of amides is 2. The normalized spacial score (nSPS) is 16.3. The minimum Gasteiger partial charge on any atom is -0.338 e. The highest BCUT2D eigenvalue weighted by molar-refractivity contribution is 7.89. The molecule has 1 heterocycles. The number of piperazine rings is 1. The maximum Gasteiger partial charge on any atom is 0.317 e. The first kappa shape index (κ1) is 17.7. The van der Waals surface area contributed by atoms with E-state index >= 15 is 0 Å². The molecular formula is C16H25N3O3S. The number of unbranched alkanes of at least 4 members (excludes halogenated alkanes) is 1. The third-order valence-electron chi connectivity index (χ3n) is 3.99. The zero-order valence-electron chi connectivity index (χ0n) is 13.8. The second kappa shape index (κ2) is 7.79. The number of nitrogens with one attached hydrogen (secondary N) is 1. The van der Waals surface area contributed by atoms with Crippen LogP contribution in [0.2, 0.25) is 0 Å². The van der Waals surface area contributed by atoms with E-state index in [4.69, 9.17) is 0 Å². The quantitative estimate of drug-likeness (QED) is 0.832. The summed E-state index contributed by atoms with van der Waals surface area (Å²) >= 11 is 0. The molecule has 0 spiro atoms. The topological polar surface area (TPSA) is 69.7 Å². The molecular weight excluding hydrogens is 314 g/mol. The van der Waals surface area contributed by atoms with E-state index in [1.807, 2.05) is 6.92 Å². The number of carbonyl (C=O) groups is 1. The lowest BCUT2D eigenvalue weighted by molar-refractivity contribution is 0.172. The lowest BCUT2D eigenvalue weighted by Crippen LogP contribution is -2.53. The zero-order valence-corrected chi connectivity index (χ0v) is 14.6. The minimum atomic E-state index is -3.47. The summed E-state index contributed by atoms with van der Waals surface area (Å²) in [5.41, 5.74) is 1.03. The third kappa shape index (κ3) is 4.45. The van der Waals surface area contributed by atoms with Gasteiger partial charge in [0, 0.05) is 32.7 Å². The molecule has 23 heavy (non-hydrogen) atoms. The molecule has 0 radical (unpaired) electrons. The highest BCUT2D eigenvalue weighted by Gasteiger charge is 2.29. The van der Waals surface area contributed by atoms with Crippen molar-refractivity contribution in [2.24, 2.45) is 0 Å². The Morgan fingerprint density at radius 1 is 1.13 bits per heavy atom. The Labute approximate surface area is 138 Å². The molecule has 0 saturated carbocycles. The van der Waals surface area contributed by atoms with Crippen molar-refractivity contribution in [3.05, 3.63) is 29.8 Å². The molecule has 1 fully saturated rings. The molecule has 0 atom stereocenters. The number of urea groups is 1. The number of sulfonamides is 1. The summed E-state index contributed by atoms with van der Waals surface area (Å²) in [6.07, 6.45) is 1.98. The Morgan fingerprint density at radius 3 is 2.30 bits per heavy atom. The molecule has 0 aliphatic carbocycles. The predicted molar refractivity (Wildman–Crippen MR) is 89.8 cm³/mol. The van der Waals surface area contributed by atoms with E-state index in [0.717, 1.165) is 18.4 Å². The number of carbonyl (C=O) groups excluding carboxylic acids is 1. The summed E-state index contributed by atoms with van der Waals surface area (Å²) in [5, 5.41) is 2.86. The van der Waals surface area contributed by atoms with Gasteiger partial charge in [0.2, 0.25) is 10.0 Å². The molecule has 6 nitrogen and oxygen atoms in total. The first-order valence-electron chi connectivity index (χ1n) is 8.04. The SMILES string of the molecule is CCCCNC(=O)N1CCN(S(=O)(=O)c2ccc(C)cc2)CC1. The monoisotopic (exact) mass is 339 g/mol. The molecule has 128 valence electrons. The van der Waals surface area contributed by atoms with Gasteiger partial charge in [0.1, 0.15) is 0 Å². The molecule has 1 saturated heterocycles. The van der Waals surface area contributed by atoms with E-state index in [1.54, 1.807) is 29.2 Å². The maximum absolute atomic E-state index is 12.6. The van der Waals surface area contributed by atoms with Crippen molar-refractivity contribution >= 4 is 16.1 Å². The lowest BCUT2D eigenvalue weighted by Gasteiger charge is -2.34. The van der Waals surface area contributed by atoms with Crippen molar-refractivity contribution in [2.45, 2.75) is 31.6 Å². The molecule has 2 amide bonds. The van der Waals surface area contributed by atoms with Gasteiger partial charge in [-0.25, -0.2) is 13.2 Å². The Hall–Kier alpha value is -1.60. The molecule has 7 heteroatoms. The third-order valence-corrected chi connectivity index (χ3v) is 5.90. The molecule has 1 aromatic rings. The fourth-order valence-corrected chi connectivity index (χ4v) is 3.90. The molecule has 1 aliphatic rings. The smallest absolute Gasteiger partial charge is 0.317 e. The van der Waals surface area contributed by atoms with Gasteiger partial charge in [0.15, 0.2) is 0 Å². The van der Waals surface area contributed by atoms with Crippen molar-refractivity contribution in [1.82, 2.24) is 14.5 Å². The highest BCUT2D eigenvalue weighted by atomic mass is 32.2. The molecule has 0 unspecified atom stereocenters. The van der Waals surface area contributed by atoms with Crippen LogP contribution in [0.15, 0.2) is 29.2 Å². The van der Waals surface area contributed by atoms with Gasteiger partial charge >= 0.3 is 6.03 Å². The van der Waals surface area contributed by atoms with Crippen LogP contribution >= 0.6 is 0 Å². The van der Waals surface area contributed by atoms with Crippen molar-refractivity contribution in [3.63, 3.8) is 0 Å². The van der Waals surface area contributed by atoms with Crippen LogP contribution in [0.3, 0.4) is 0 Å². The van der Waals surface area contributed by atoms with Crippen molar-refractivity contribution in [2.75, 3.05) is 32.7 Å². The van der Waals surface area contributed by atoms with Crippen molar-refractivity contribution in [3.8, 4) is 0 Å². The standard InChI is InChI=1S/C16H25N3O3S/c1-3-4-9-17-16(20)18-10-12-19(13-11-18)23(21,22)15-7-5-14(2)6-8-15/h5-8H,3-4,9-13H2,1-2H3,(H,17,20). The molecule has 1 aromatic carbocycles. The molecule has 1 N–H and O–H groups in total. The number of hydrogen-bond donors (Lipinski definition) is 1. The van der Waals surface area contributed by atoms with Gasteiger partial charge < -0.3 is 10.2 Å². The van der Waals surface area contributed by atoms with Crippen LogP contribution in [0.5, 0.6) is 0 Å². The van der Waals surface area contributed by atoms with E-state index in [1.165, 1.54) is 4.31 Å². The second-order valence-electron chi connectivity index (χ2n) is 5.79. The Balaban J connectivity index is 1.93. The van der Waals surface area contributed by atoms with Gasteiger partial charge in [-0.3, -0.25) is 0 Å². The van der Waals surface area contributed by atoms with Crippen LogP contribution < -0.4 is 5.32 Å². The van der Waals surface area contributed by atoms with Gasteiger partial charge in [0.05, 0.1) is 4.90 Å². The second-order valence-corrected chi connectivity index (χ2v) is 7.73. The van der Waals surface area contributed by atoms with Crippen LogP contribution in [0, 0.1) is 6.92 Å². The summed E-state index contributed by atoms with van der Waals surface area (Å²) in [6.45, 7) is 6.16. The zero-order chi connectivity index (χ0) is 16.9. The van der Waals surface area contributed by atoms with E-state index in [0.29, 0.717) is 37.6 Å². The molecule has 2 rings (SSSR count). The Morgan fingerprint density at radius 2 is 1.74 bits per heavy atom. The van der Waals surface area contributed by atoms with Crippen molar-refractivity contribution < 1.29 is 13.2 Å². The maximum atomic E-state index is 12.6. The average molecular weight is 339 g/mol. The van der Waals surface area contributed by atoms with Gasteiger partial charge in [-0.1, -0.05) is 31.0 Å². The lowest BCUT2D eigenvalue weighted by atomic mass is 10.2. The summed E-state index contributed by atoms with van der Waals surface area (Å²) in [6, 6.07) is 6.75. The summed E-state index contributed by atoms with van der Waals surface area (Å²) in [7, 11) is -3.47. The number of nitrogens with zero attached hydrogens (tertiary/aromatic N) is 2. The summed E-state index contributed by atoms with van der Waals surface area (Å²) in [4.78, 5) is 14.0. The van der Waals surface area contributed by atoms with E-state index in [2.05, 4.69) is 12.2 Å². The van der Waals surface area contributed by atoms with Crippen LogP contribution in [0.1, 0.15) is 25.3 Å². The summed E-state index contributed by atoms with van der Waals surface area (Å²) in [5.74, 6) is 0. The van der Waals surface area contributed by atoms with Gasteiger partial charge in [-0.15, -0.1) is 0 Å².